The lowest BCUT2D eigenvalue weighted by atomic mass is 9.97. The Morgan fingerprint density at radius 2 is 1.68 bits per heavy atom. The van der Waals surface area contributed by atoms with E-state index in [1.807, 2.05) is 36.4 Å². The van der Waals surface area contributed by atoms with E-state index in [4.69, 9.17) is 44.0 Å². The van der Waals surface area contributed by atoms with E-state index in [-0.39, 0.29) is 21.4 Å². The highest BCUT2D eigenvalue weighted by atomic mass is 35.5. The molecule has 3 nitrogen and oxygen atoms in total. The van der Waals surface area contributed by atoms with Gasteiger partial charge in [-0.05, 0) is 42.5 Å². The number of ketones is 1. The molecule has 0 unspecified atom stereocenters. The van der Waals surface area contributed by atoms with Crippen molar-refractivity contribution in [2.75, 3.05) is 7.11 Å². The van der Waals surface area contributed by atoms with Gasteiger partial charge in [0, 0.05) is 21.5 Å². The van der Waals surface area contributed by atoms with Gasteiger partial charge in [-0.1, -0.05) is 53.0 Å². The van der Waals surface area contributed by atoms with Crippen LogP contribution in [0.4, 0.5) is 0 Å². The SMILES string of the molecule is COc1ccc(-c2oc3ccccc3c2C(=O)c2cc(Cl)cc(Cl)c2Cl)cc1. The third-order valence-corrected chi connectivity index (χ3v) is 5.43. The molecule has 3 aromatic carbocycles. The van der Waals surface area contributed by atoms with Crippen LogP contribution in [0.2, 0.25) is 15.1 Å². The number of benzene rings is 3. The van der Waals surface area contributed by atoms with Gasteiger partial charge in [0.15, 0.2) is 5.78 Å². The molecule has 0 radical (unpaired) electrons. The fourth-order valence-electron chi connectivity index (χ4n) is 3.07. The van der Waals surface area contributed by atoms with Crippen LogP contribution in [0.15, 0.2) is 65.1 Å². The van der Waals surface area contributed by atoms with E-state index in [1.165, 1.54) is 12.1 Å². The van der Waals surface area contributed by atoms with Crippen molar-refractivity contribution in [3.63, 3.8) is 0 Å². The molecular formula is C22H13Cl3O3. The molecule has 140 valence electrons. The predicted octanol–water partition coefficient (Wildman–Crippen LogP) is 7.30. The third kappa shape index (κ3) is 3.26. The summed E-state index contributed by atoms with van der Waals surface area (Å²) >= 11 is 18.5. The third-order valence-electron chi connectivity index (χ3n) is 4.41. The molecule has 0 amide bonds. The number of methoxy groups -OCH3 is 1. The van der Waals surface area contributed by atoms with Crippen molar-refractivity contribution in [1.29, 1.82) is 0 Å². The van der Waals surface area contributed by atoms with E-state index in [0.29, 0.717) is 33.1 Å². The van der Waals surface area contributed by atoms with Gasteiger partial charge < -0.3 is 9.15 Å². The van der Waals surface area contributed by atoms with Crippen LogP contribution in [0.25, 0.3) is 22.3 Å². The van der Waals surface area contributed by atoms with E-state index in [0.717, 1.165) is 5.56 Å². The quantitative estimate of drug-likeness (QED) is 0.251. The first-order chi connectivity index (χ1) is 13.5. The van der Waals surface area contributed by atoms with Crippen LogP contribution in [0.3, 0.4) is 0 Å². The molecule has 0 aliphatic heterocycles. The van der Waals surface area contributed by atoms with Crippen LogP contribution in [-0.4, -0.2) is 12.9 Å². The van der Waals surface area contributed by atoms with E-state index in [1.54, 1.807) is 19.2 Å². The van der Waals surface area contributed by atoms with Crippen molar-refractivity contribution in [3.05, 3.63) is 86.9 Å². The molecule has 0 N–H and O–H groups in total. The molecule has 6 heteroatoms. The summed E-state index contributed by atoms with van der Waals surface area (Å²) in [4.78, 5) is 13.5. The Balaban J connectivity index is 1.96. The second kappa shape index (κ2) is 7.51. The number of rotatable bonds is 4. The topological polar surface area (TPSA) is 39.4 Å². The Bertz CT molecular complexity index is 1190. The molecule has 28 heavy (non-hydrogen) atoms. The summed E-state index contributed by atoms with van der Waals surface area (Å²) in [6.45, 7) is 0. The summed E-state index contributed by atoms with van der Waals surface area (Å²) in [7, 11) is 1.59. The number of ether oxygens (including phenoxy) is 1. The fourth-order valence-corrected chi connectivity index (χ4v) is 3.76. The van der Waals surface area contributed by atoms with E-state index >= 15 is 0 Å². The van der Waals surface area contributed by atoms with E-state index in [2.05, 4.69) is 0 Å². The van der Waals surface area contributed by atoms with Crippen molar-refractivity contribution in [2.24, 2.45) is 0 Å². The van der Waals surface area contributed by atoms with Crippen LogP contribution >= 0.6 is 34.8 Å². The minimum absolute atomic E-state index is 0.155. The van der Waals surface area contributed by atoms with Crippen LogP contribution in [0, 0.1) is 0 Å². The lowest BCUT2D eigenvalue weighted by Gasteiger charge is -2.08. The van der Waals surface area contributed by atoms with Gasteiger partial charge in [-0.15, -0.1) is 0 Å². The summed E-state index contributed by atoms with van der Waals surface area (Å²) in [5.41, 5.74) is 1.96. The molecule has 0 saturated carbocycles. The molecule has 0 saturated heterocycles. The smallest absolute Gasteiger partial charge is 0.199 e. The van der Waals surface area contributed by atoms with Gasteiger partial charge in [-0.3, -0.25) is 4.79 Å². The normalized spacial score (nSPS) is 11.0. The molecule has 0 fully saturated rings. The average Bonchev–Trinajstić information content (AvgIpc) is 3.09. The highest BCUT2D eigenvalue weighted by molar-refractivity contribution is 6.46. The monoisotopic (exact) mass is 430 g/mol. The van der Waals surface area contributed by atoms with Crippen LogP contribution < -0.4 is 4.74 Å². The number of hydrogen-bond acceptors (Lipinski definition) is 3. The molecule has 0 aliphatic carbocycles. The molecule has 0 aliphatic rings. The minimum atomic E-state index is -0.315. The van der Waals surface area contributed by atoms with Gasteiger partial charge in [0.05, 0.1) is 22.7 Å². The fraction of sp³-hybridized carbons (Fsp3) is 0.0455. The van der Waals surface area contributed by atoms with Gasteiger partial charge in [0.25, 0.3) is 0 Å². The van der Waals surface area contributed by atoms with Crippen molar-refractivity contribution in [2.45, 2.75) is 0 Å². The maximum absolute atomic E-state index is 13.5. The number of hydrogen-bond donors (Lipinski definition) is 0. The molecule has 0 atom stereocenters. The first kappa shape index (κ1) is 18.9. The van der Waals surface area contributed by atoms with Crippen molar-refractivity contribution >= 4 is 51.6 Å². The molecular weight excluding hydrogens is 419 g/mol. The Labute approximate surface area is 176 Å². The first-order valence-electron chi connectivity index (χ1n) is 8.35. The number of carbonyl (C=O) groups is 1. The zero-order chi connectivity index (χ0) is 19.8. The maximum Gasteiger partial charge on any atom is 0.199 e. The van der Waals surface area contributed by atoms with Crippen LogP contribution in [0.1, 0.15) is 15.9 Å². The van der Waals surface area contributed by atoms with E-state index in [9.17, 15) is 4.79 Å². The van der Waals surface area contributed by atoms with Crippen molar-refractivity contribution in [3.8, 4) is 17.1 Å². The Morgan fingerprint density at radius 1 is 0.964 bits per heavy atom. The summed E-state index contributed by atoms with van der Waals surface area (Å²) in [6.07, 6.45) is 0. The average molecular weight is 432 g/mol. The molecule has 1 aromatic heterocycles. The number of para-hydroxylation sites is 1. The predicted molar refractivity (Wildman–Crippen MR) is 113 cm³/mol. The molecule has 1 heterocycles. The second-order valence-corrected chi connectivity index (χ2v) is 7.33. The first-order valence-corrected chi connectivity index (χ1v) is 9.48. The zero-order valence-corrected chi connectivity index (χ0v) is 16.9. The zero-order valence-electron chi connectivity index (χ0n) is 14.6. The van der Waals surface area contributed by atoms with Gasteiger partial charge in [0.1, 0.15) is 17.1 Å². The second-order valence-electron chi connectivity index (χ2n) is 6.11. The highest BCUT2D eigenvalue weighted by Crippen LogP contribution is 2.38. The largest absolute Gasteiger partial charge is 0.497 e. The van der Waals surface area contributed by atoms with Gasteiger partial charge in [-0.25, -0.2) is 0 Å². The number of fused-ring (bicyclic) bond motifs is 1. The van der Waals surface area contributed by atoms with Gasteiger partial charge in [-0.2, -0.15) is 0 Å². The maximum atomic E-state index is 13.5. The molecule has 4 aromatic rings. The Kier molecular flexibility index (Phi) is 5.07. The van der Waals surface area contributed by atoms with Gasteiger partial charge in [0.2, 0.25) is 0 Å². The summed E-state index contributed by atoms with van der Waals surface area (Å²) < 4.78 is 11.2. The standard InChI is InChI=1S/C22H13Cl3O3/c1-27-14-8-6-12(7-9-14)22-19(15-4-2-3-5-18(15)28-22)21(26)16-10-13(23)11-17(24)20(16)25/h2-11H,1H3. The van der Waals surface area contributed by atoms with Crippen molar-refractivity contribution in [1.82, 2.24) is 0 Å². The number of carbonyl (C=O) groups excluding carboxylic acids is 1. The summed E-state index contributed by atoms with van der Waals surface area (Å²) in [6, 6.07) is 17.6. The lowest BCUT2D eigenvalue weighted by Crippen LogP contribution is -2.04. The summed E-state index contributed by atoms with van der Waals surface area (Å²) in [5, 5.41) is 1.39. The van der Waals surface area contributed by atoms with Crippen molar-refractivity contribution < 1.29 is 13.9 Å². The van der Waals surface area contributed by atoms with E-state index < -0.39 is 0 Å². The lowest BCUT2D eigenvalue weighted by molar-refractivity contribution is 0.104. The van der Waals surface area contributed by atoms with Crippen LogP contribution in [-0.2, 0) is 0 Å². The van der Waals surface area contributed by atoms with Gasteiger partial charge >= 0.3 is 0 Å². The summed E-state index contributed by atoms with van der Waals surface area (Å²) in [5.74, 6) is 0.837. The minimum Gasteiger partial charge on any atom is -0.497 e. The molecule has 0 bridgehead atoms. The van der Waals surface area contributed by atoms with Crippen LogP contribution in [0.5, 0.6) is 5.75 Å². The molecule has 4 rings (SSSR count). The Morgan fingerprint density at radius 3 is 2.39 bits per heavy atom. The molecule has 0 spiro atoms. The Hall–Kier alpha value is -2.46. The highest BCUT2D eigenvalue weighted by Gasteiger charge is 2.25. The number of halogens is 3. The number of furan rings is 1.